The highest BCUT2D eigenvalue weighted by atomic mass is 32.1. The molecule has 0 amide bonds. The van der Waals surface area contributed by atoms with Crippen molar-refractivity contribution in [3.63, 3.8) is 0 Å². The minimum absolute atomic E-state index is 1.20. The maximum Gasteiger partial charge on any atom is 0.0620 e. The first-order chi connectivity index (χ1) is 17.9. The van der Waals surface area contributed by atoms with Gasteiger partial charge in [-0.2, -0.15) is 0 Å². The van der Waals surface area contributed by atoms with Crippen LogP contribution in [0.25, 0.3) is 80.7 Å². The Morgan fingerprint density at radius 2 is 1.17 bits per heavy atom. The Bertz CT molecular complexity index is 2190. The van der Waals surface area contributed by atoms with Gasteiger partial charge in [0.25, 0.3) is 0 Å². The number of benzene rings is 6. The van der Waals surface area contributed by atoms with Crippen LogP contribution in [-0.2, 0) is 0 Å². The van der Waals surface area contributed by atoms with E-state index in [1.807, 2.05) is 11.3 Å². The molecule has 0 N–H and O–H groups in total. The minimum atomic E-state index is 1.20. The molecule has 0 fully saturated rings. The van der Waals surface area contributed by atoms with Crippen LogP contribution < -0.4 is 0 Å². The van der Waals surface area contributed by atoms with Gasteiger partial charge in [0, 0.05) is 42.0 Å². The lowest BCUT2D eigenvalue weighted by Crippen LogP contribution is -1.94. The van der Waals surface area contributed by atoms with Gasteiger partial charge in [-0.05, 0) is 64.0 Å². The third-order valence-corrected chi connectivity index (χ3v) is 9.04. The molecule has 0 unspecified atom stereocenters. The van der Waals surface area contributed by atoms with Gasteiger partial charge in [-0.3, -0.25) is 0 Å². The summed E-state index contributed by atoms with van der Waals surface area (Å²) in [5, 5.41) is 8.03. The summed E-state index contributed by atoms with van der Waals surface area (Å²) in [6.45, 7) is 0. The number of hydrogen-bond donors (Lipinski definition) is 0. The predicted molar refractivity (Wildman–Crippen MR) is 156 cm³/mol. The Morgan fingerprint density at radius 1 is 0.444 bits per heavy atom. The van der Waals surface area contributed by atoms with Gasteiger partial charge in [-0.1, -0.05) is 78.9 Å². The molecule has 0 saturated heterocycles. The average Bonchev–Trinajstić information content (AvgIpc) is 3.57. The van der Waals surface area contributed by atoms with Crippen molar-refractivity contribution in [1.29, 1.82) is 0 Å². The number of thiophene rings is 1. The molecule has 0 spiro atoms. The van der Waals surface area contributed by atoms with E-state index < -0.39 is 0 Å². The van der Waals surface area contributed by atoms with Crippen LogP contribution in [0.2, 0.25) is 0 Å². The summed E-state index contributed by atoms with van der Waals surface area (Å²) in [5.41, 5.74) is 9.15. The fourth-order valence-corrected chi connectivity index (χ4v) is 7.55. The fourth-order valence-electron chi connectivity index (χ4n) is 6.43. The second kappa shape index (κ2) is 6.63. The van der Waals surface area contributed by atoms with Crippen molar-refractivity contribution >= 4 is 64.1 Å². The smallest absolute Gasteiger partial charge is 0.0620 e. The standard InChI is InChI=1S/C34H19NS/c1-2-9-20(10-3-1)35-30-19-32-27(23-13-6-7-16-31(23)36-32)17-26(30)29-18-28-22-12-5-4-11-21(22)24-14-8-15-25(33(24)28)34(29)35/h1-19H. The zero-order valence-electron chi connectivity index (χ0n) is 19.3. The molecule has 1 nitrogen and oxygen atoms in total. The third-order valence-electron chi connectivity index (χ3n) is 7.90. The molecule has 2 heterocycles. The molecule has 8 aromatic rings. The van der Waals surface area contributed by atoms with Gasteiger partial charge in [0.1, 0.15) is 0 Å². The van der Waals surface area contributed by atoms with Crippen LogP contribution >= 0.6 is 11.3 Å². The summed E-state index contributed by atoms with van der Waals surface area (Å²) in [6.07, 6.45) is 0. The van der Waals surface area contributed by atoms with E-state index in [9.17, 15) is 0 Å². The van der Waals surface area contributed by atoms with Crippen LogP contribution in [0.1, 0.15) is 0 Å². The largest absolute Gasteiger partial charge is 0.309 e. The number of fused-ring (bicyclic) bond motifs is 10. The van der Waals surface area contributed by atoms with Gasteiger partial charge in [-0.25, -0.2) is 0 Å². The van der Waals surface area contributed by atoms with Crippen LogP contribution in [0.4, 0.5) is 0 Å². The summed E-state index contributed by atoms with van der Waals surface area (Å²) in [4.78, 5) is 0. The lowest BCUT2D eigenvalue weighted by Gasteiger charge is -2.11. The molecule has 0 bridgehead atoms. The van der Waals surface area contributed by atoms with Gasteiger partial charge < -0.3 is 4.57 Å². The first-order valence-electron chi connectivity index (χ1n) is 12.4. The molecule has 2 heteroatoms. The Balaban J connectivity index is 1.56. The number of rotatable bonds is 1. The van der Waals surface area contributed by atoms with E-state index in [-0.39, 0.29) is 0 Å². The maximum absolute atomic E-state index is 2.49. The molecule has 36 heavy (non-hydrogen) atoms. The number of aromatic nitrogens is 1. The van der Waals surface area contributed by atoms with E-state index in [2.05, 4.69) is 120 Å². The summed E-state index contributed by atoms with van der Waals surface area (Å²) in [7, 11) is 0. The molecule has 166 valence electrons. The number of hydrogen-bond acceptors (Lipinski definition) is 1. The van der Waals surface area contributed by atoms with E-state index in [4.69, 9.17) is 0 Å². The van der Waals surface area contributed by atoms with Crippen LogP contribution in [-0.4, -0.2) is 4.57 Å². The summed E-state index contributed by atoms with van der Waals surface area (Å²) >= 11 is 1.89. The number of para-hydroxylation sites is 1. The van der Waals surface area contributed by atoms with E-state index in [1.165, 1.54) is 80.7 Å². The SMILES string of the molecule is c1ccc(-n2c3cc4sc5ccccc5c4cc3c3cc4c5c(cccc5c32)-c2ccccc2-4)cc1. The zero-order chi connectivity index (χ0) is 23.4. The molecular weight excluding hydrogens is 454 g/mol. The molecule has 1 aliphatic carbocycles. The first-order valence-corrected chi connectivity index (χ1v) is 13.2. The Labute approximate surface area is 211 Å². The van der Waals surface area contributed by atoms with Gasteiger partial charge in [0.2, 0.25) is 0 Å². The van der Waals surface area contributed by atoms with Crippen molar-refractivity contribution in [2.24, 2.45) is 0 Å². The molecule has 0 saturated carbocycles. The summed E-state index contributed by atoms with van der Waals surface area (Å²) < 4.78 is 5.17. The van der Waals surface area contributed by atoms with Crippen LogP contribution in [0.5, 0.6) is 0 Å². The Hall–Kier alpha value is -4.40. The minimum Gasteiger partial charge on any atom is -0.309 e. The van der Waals surface area contributed by atoms with Gasteiger partial charge in [-0.15, -0.1) is 11.3 Å². The highest BCUT2D eigenvalue weighted by Gasteiger charge is 2.25. The highest BCUT2D eigenvalue weighted by molar-refractivity contribution is 7.25. The lowest BCUT2D eigenvalue weighted by atomic mass is 9.99. The van der Waals surface area contributed by atoms with E-state index in [0.29, 0.717) is 0 Å². The molecule has 9 rings (SSSR count). The van der Waals surface area contributed by atoms with Crippen LogP contribution in [0.3, 0.4) is 0 Å². The normalized spacial score (nSPS) is 12.4. The van der Waals surface area contributed by atoms with Crippen molar-refractivity contribution in [3.05, 3.63) is 115 Å². The highest BCUT2D eigenvalue weighted by Crippen LogP contribution is 2.51. The molecule has 2 aromatic heterocycles. The summed E-state index contributed by atoms with van der Waals surface area (Å²) in [6, 6.07) is 42.6. The quantitative estimate of drug-likeness (QED) is 0.223. The van der Waals surface area contributed by atoms with Crippen molar-refractivity contribution < 1.29 is 0 Å². The molecule has 0 atom stereocenters. The summed E-state index contributed by atoms with van der Waals surface area (Å²) in [5.74, 6) is 0. The fraction of sp³-hybridized carbons (Fsp3) is 0. The van der Waals surface area contributed by atoms with Gasteiger partial charge in [0.15, 0.2) is 0 Å². The second-order valence-corrected chi connectivity index (χ2v) is 10.8. The molecular formula is C34H19NS. The maximum atomic E-state index is 2.49. The van der Waals surface area contributed by atoms with E-state index >= 15 is 0 Å². The molecule has 6 aromatic carbocycles. The van der Waals surface area contributed by atoms with Crippen molar-refractivity contribution in [2.75, 3.05) is 0 Å². The molecule has 1 aliphatic rings. The molecule has 0 radical (unpaired) electrons. The lowest BCUT2D eigenvalue weighted by molar-refractivity contribution is 1.19. The Kier molecular flexibility index (Phi) is 3.47. The van der Waals surface area contributed by atoms with Gasteiger partial charge in [0.05, 0.1) is 11.0 Å². The van der Waals surface area contributed by atoms with Gasteiger partial charge >= 0.3 is 0 Å². The number of nitrogens with zero attached hydrogens (tertiary/aromatic N) is 1. The van der Waals surface area contributed by atoms with Crippen molar-refractivity contribution in [3.8, 4) is 27.9 Å². The predicted octanol–water partition coefficient (Wildman–Crippen LogP) is 9.95. The topological polar surface area (TPSA) is 4.93 Å². The van der Waals surface area contributed by atoms with E-state index in [1.54, 1.807) is 0 Å². The van der Waals surface area contributed by atoms with Crippen LogP contribution in [0, 0.1) is 0 Å². The zero-order valence-corrected chi connectivity index (χ0v) is 20.1. The monoisotopic (exact) mass is 473 g/mol. The second-order valence-electron chi connectivity index (χ2n) is 9.73. The van der Waals surface area contributed by atoms with Crippen molar-refractivity contribution in [2.45, 2.75) is 0 Å². The third kappa shape index (κ3) is 2.26. The van der Waals surface area contributed by atoms with Crippen LogP contribution in [0.15, 0.2) is 115 Å². The van der Waals surface area contributed by atoms with Crippen molar-refractivity contribution in [1.82, 2.24) is 4.57 Å². The van der Waals surface area contributed by atoms with E-state index in [0.717, 1.165) is 0 Å². The first kappa shape index (κ1) is 18.9. The molecule has 0 aliphatic heterocycles. The Morgan fingerprint density at radius 3 is 2.06 bits per heavy atom. The average molecular weight is 474 g/mol.